The molecule has 2 aromatic carbocycles. The molecule has 0 saturated carbocycles. The molecule has 0 radical (unpaired) electrons. The van der Waals surface area contributed by atoms with E-state index in [1.807, 2.05) is 0 Å². The third-order valence-electron chi connectivity index (χ3n) is 3.14. The second kappa shape index (κ2) is 9.12. The molecule has 0 bridgehead atoms. The largest absolute Gasteiger partial charge is 2.00 e. The predicted octanol–water partition coefficient (Wildman–Crippen LogP) is -1.96. The molecule has 0 nitrogen and oxygen atoms in total. The van der Waals surface area contributed by atoms with E-state index in [1.165, 1.54) is 17.5 Å². The second-order valence-electron chi connectivity index (χ2n) is 4.35. The van der Waals surface area contributed by atoms with Gasteiger partial charge in [-0.3, -0.25) is 0 Å². The van der Waals surface area contributed by atoms with Crippen molar-refractivity contribution in [1.29, 1.82) is 0 Å². The molecule has 0 aliphatic carbocycles. The number of rotatable bonds is 3. The third kappa shape index (κ3) is 5.19. The molecule has 19 heavy (non-hydrogen) atoms. The summed E-state index contributed by atoms with van der Waals surface area (Å²) in [5.74, 6) is 0. The summed E-state index contributed by atoms with van der Waals surface area (Å²) in [7, 11) is 1.12. The van der Waals surface area contributed by atoms with Gasteiger partial charge in [-0.1, -0.05) is 60.7 Å². The molecule has 1 saturated heterocycles. The van der Waals surface area contributed by atoms with Gasteiger partial charge >= 0.3 is 20.4 Å². The van der Waals surface area contributed by atoms with Crippen LogP contribution in [0.2, 0.25) is 0 Å². The van der Waals surface area contributed by atoms with Crippen LogP contribution in [0.4, 0.5) is 0 Å². The molecule has 1 aliphatic rings. The van der Waals surface area contributed by atoms with Gasteiger partial charge in [0.05, 0.1) is 0 Å². The monoisotopic (exact) mass is 402 g/mol. The Hall–Kier alpha value is 0.112. The van der Waals surface area contributed by atoms with Gasteiger partial charge in [0, 0.05) is 5.66 Å². The van der Waals surface area contributed by atoms with Gasteiger partial charge in [-0.05, 0) is 23.2 Å². The predicted molar refractivity (Wildman–Crippen MR) is 71.4 cm³/mol. The third-order valence-corrected chi connectivity index (χ3v) is 4.82. The molecule has 4 heteroatoms. The van der Waals surface area contributed by atoms with Crippen molar-refractivity contribution in [3.63, 3.8) is 0 Å². The summed E-state index contributed by atoms with van der Waals surface area (Å²) in [5.41, 5.74) is 4.74. The van der Waals surface area contributed by atoms with Crippen molar-refractivity contribution >= 4 is 8.58 Å². The minimum Gasteiger partial charge on any atom is -1.00 e. The Morgan fingerprint density at radius 3 is 1.89 bits per heavy atom. The SMILES string of the molecule is [Cl-].[Cl-].[Pd+2].c1ccc(CC2PC2c2ccccc2)cc1. The fourth-order valence-electron chi connectivity index (χ4n) is 2.21. The van der Waals surface area contributed by atoms with Gasteiger partial charge in [-0.2, -0.15) is 0 Å². The van der Waals surface area contributed by atoms with Crippen molar-refractivity contribution < 1.29 is 45.2 Å². The Morgan fingerprint density at radius 2 is 1.32 bits per heavy atom. The molecule has 1 aliphatic heterocycles. The van der Waals surface area contributed by atoms with Crippen molar-refractivity contribution in [3.05, 3.63) is 71.8 Å². The first-order valence-corrected chi connectivity index (χ1v) is 6.94. The quantitative estimate of drug-likeness (QED) is 0.412. The van der Waals surface area contributed by atoms with Crippen molar-refractivity contribution in [1.82, 2.24) is 0 Å². The second-order valence-corrected chi connectivity index (χ2v) is 6.05. The zero-order valence-electron chi connectivity index (χ0n) is 10.2. The first-order chi connectivity index (χ1) is 7.93. The summed E-state index contributed by atoms with van der Waals surface area (Å²) >= 11 is 0. The van der Waals surface area contributed by atoms with E-state index in [0.717, 1.165) is 19.9 Å². The number of hydrogen-bond acceptors (Lipinski definition) is 0. The standard InChI is InChI=1S/C15H15P.2ClH.Pd/c1-3-7-12(8-4-1)11-14-15(16-14)13-9-5-2-6-10-13;;;/h1-10,14-16H,11H2;2*1H;/q;;;+2/p-2. The topological polar surface area (TPSA) is 0 Å². The molecule has 3 atom stereocenters. The smallest absolute Gasteiger partial charge is 1.00 e. The first-order valence-electron chi connectivity index (χ1n) is 5.78. The zero-order valence-corrected chi connectivity index (χ0v) is 14.3. The molecule has 1 fully saturated rings. The van der Waals surface area contributed by atoms with Gasteiger partial charge in [0.2, 0.25) is 0 Å². The van der Waals surface area contributed by atoms with E-state index in [4.69, 9.17) is 0 Å². The maximum absolute atomic E-state index is 2.27. The minimum absolute atomic E-state index is 0. The molecule has 2 aromatic rings. The normalized spacial score (nSPS) is 20.6. The van der Waals surface area contributed by atoms with Gasteiger partial charge in [0.15, 0.2) is 0 Å². The van der Waals surface area contributed by atoms with E-state index in [-0.39, 0.29) is 45.2 Å². The Morgan fingerprint density at radius 1 is 0.789 bits per heavy atom. The minimum atomic E-state index is 0. The number of hydrogen-bond donors (Lipinski definition) is 0. The maximum atomic E-state index is 2.27. The summed E-state index contributed by atoms with van der Waals surface area (Å²) in [6, 6.07) is 21.8. The Labute approximate surface area is 143 Å². The van der Waals surface area contributed by atoms with Crippen LogP contribution in [-0.4, -0.2) is 5.66 Å². The summed E-state index contributed by atoms with van der Waals surface area (Å²) in [6.07, 6.45) is 1.25. The van der Waals surface area contributed by atoms with Crippen LogP contribution in [0.5, 0.6) is 0 Å². The molecule has 0 amide bonds. The summed E-state index contributed by atoms with van der Waals surface area (Å²) < 4.78 is 0. The van der Waals surface area contributed by atoms with E-state index in [9.17, 15) is 0 Å². The van der Waals surface area contributed by atoms with Gasteiger partial charge in [-0.15, -0.1) is 8.58 Å². The molecule has 0 aromatic heterocycles. The zero-order chi connectivity index (χ0) is 10.8. The van der Waals surface area contributed by atoms with Crippen molar-refractivity contribution in [2.45, 2.75) is 17.7 Å². The van der Waals surface area contributed by atoms with E-state index >= 15 is 0 Å². The van der Waals surface area contributed by atoms with Crippen LogP contribution in [-0.2, 0) is 26.8 Å². The molecular formula is C15H15Cl2PPd. The van der Waals surface area contributed by atoms with Crippen molar-refractivity contribution in [2.75, 3.05) is 0 Å². The van der Waals surface area contributed by atoms with Crippen molar-refractivity contribution in [2.24, 2.45) is 0 Å². The Balaban J connectivity index is 0.00000108. The van der Waals surface area contributed by atoms with E-state index in [2.05, 4.69) is 60.7 Å². The molecule has 3 rings (SSSR count). The van der Waals surface area contributed by atoms with Gasteiger partial charge in [0.1, 0.15) is 0 Å². The van der Waals surface area contributed by atoms with Gasteiger partial charge < -0.3 is 24.8 Å². The fourth-order valence-corrected chi connectivity index (χ4v) is 3.61. The van der Waals surface area contributed by atoms with E-state index < -0.39 is 0 Å². The Bertz CT molecular complexity index is 464. The van der Waals surface area contributed by atoms with E-state index in [1.54, 1.807) is 0 Å². The van der Waals surface area contributed by atoms with Gasteiger partial charge in [0.25, 0.3) is 0 Å². The maximum Gasteiger partial charge on any atom is 2.00 e. The Kier molecular flexibility index (Phi) is 9.18. The summed E-state index contributed by atoms with van der Waals surface area (Å²) in [4.78, 5) is 0. The fraction of sp³-hybridized carbons (Fsp3) is 0.200. The molecule has 0 spiro atoms. The van der Waals surface area contributed by atoms with Crippen LogP contribution < -0.4 is 24.8 Å². The average Bonchev–Trinajstić information content (AvgIpc) is 3.11. The average molecular weight is 404 g/mol. The van der Waals surface area contributed by atoms with Crippen LogP contribution in [0.3, 0.4) is 0 Å². The summed E-state index contributed by atoms with van der Waals surface area (Å²) in [5, 5.41) is 0. The number of halogens is 2. The number of benzene rings is 2. The van der Waals surface area contributed by atoms with Crippen LogP contribution in [0.1, 0.15) is 16.8 Å². The van der Waals surface area contributed by atoms with Crippen LogP contribution in [0, 0.1) is 0 Å². The van der Waals surface area contributed by atoms with Crippen LogP contribution in [0.25, 0.3) is 0 Å². The van der Waals surface area contributed by atoms with Gasteiger partial charge in [-0.25, -0.2) is 0 Å². The molecule has 3 unspecified atom stereocenters. The summed E-state index contributed by atoms with van der Waals surface area (Å²) in [6.45, 7) is 0. The molecular weight excluding hydrogens is 388 g/mol. The molecule has 0 N–H and O–H groups in total. The van der Waals surface area contributed by atoms with Crippen LogP contribution >= 0.6 is 8.58 Å². The van der Waals surface area contributed by atoms with Crippen molar-refractivity contribution in [3.8, 4) is 0 Å². The first kappa shape index (κ1) is 19.1. The van der Waals surface area contributed by atoms with E-state index in [0.29, 0.717) is 0 Å². The van der Waals surface area contributed by atoms with Crippen LogP contribution in [0.15, 0.2) is 60.7 Å². The molecule has 1 heterocycles. The molecule has 104 valence electrons.